The van der Waals surface area contributed by atoms with Gasteiger partial charge < -0.3 is 14.4 Å². The summed E-state index contributed by atoms with van der Waals surface area (Å²) in [6.45, 7) is 4.00. The van der Waals surface area contributed by atoms with Crippen LogP contribution in [0.2, 0.25) is 5.02 Å². The van der Waals surface area contributed by atoms with E-state index in [0.29, 0.717) is 43.6 Å². The number of hydrogen-bond donors (Lipinski definition) is 0. The van der Waals surface area contributed by atoms with Crippen molar-refractivity contribution in [2.24, 2.45) is 0 Å². The van der Waals surface area contributed by atoms with Crippen LogP contribution in [0.5, 0.6) is 5.88 Å². The molecule has 5 nitrogen and oxygen atoms in total. The Morgan fingerprint density at radius 3 is 2.96 bits per heavy atom. The number of fused-ring (bicyclic) bond motifs is 1. The fraction of sp³-hybridized carbons (Fsp3) is 0.333. The second kappa shape index (κ2) is 7.71. The first-order valence-corrected chi connectivity index (χ1v) is 9.43. The summed E-state index contributed by atoms with van der Waals surface area (Å²) in [5.74, 6) is 0.595. The lowest BCUT2D eigenvalue weighted by Crippen LogP contribution is -2.48. The Labute approximate surface area is 163 Å². The van der Waals surface area contributed by atoms with Crippen molar-refractivity contribution in [1.82, 2.24) is 9.88 Å². The summed E-state index contributed by atoms with van der Waals surface area (Å²) in [6.07, 6.45) is 2.07. The number of halogens is 1. The van der Waals surface area contributed by atoms with Gasteiger partial charge in [-0.25, -0.2) is 4.98 Å². The van der Waals surface area contributed by atoms with Crippen LogP contribution in [0.3, 0.4) is 0 Å². The number of nitrogens with zero attached hydrogens (tertiary/aromatic N) is 2. The summed E-state index contributed by atoms with van der Waals surface area (Å²) in [4.78, 5) is 19.1. The molecule has 1 saturated heterocycles. The zero-order valence-electron chi connectivity index (χ0n) is 15.2. The Morgan fingerprint density at radius 2 is 2.19 bits per heavy atom. The Kier molecular flexibility index (Phi) is 5.14. The molecule has 0 radical (unpaired) electrons. The van der Waals surface area contributed by atoms with Gasteiger partial charge in [-0.3, -0.25) is 4.79 Å². The van der Waals surface area contributed by atoms with Crippen LogP contribution in [0.1, 0.15) is 18.1 Å². The average molecular weight is 385 g/mol. The predicted molar refractivity (Wildman–Crippen MR) is 104 cm³/mol. The van der Waals surface area contributed by atoms with E-state index < -0.39 is 0 Å². The summed E-state index contributed by atoms with van der Waals surface area (Å²) in [6, 6.07) is 11.7. The van der Waals surface area contributed by atoms with E-state index in [1.165, 1.54) is 11.1 Å². The maximum absolute atomic E-state index is 13.1. The van der Waals surface area contributed by atoms with Crippen LogP contribution in [0.15, 0.2) is 48.2 Å². The molecule has 0 N–H and O–H groups in total. The minimum Gasteiger partial charge on any atom is -0.475 e. The number of allylic oxidation sites excluding steroid dienone is 1. The molecular formula is C21H21ClN2O3. The van der Waals surface area contributed by atoms with Gasteiger partial charge in [0.15, 0.2) is 0 Å². The largest absolute Gasteiger partial charge is 0.475 e. The van der Waals surface area contributed by atoms with Crippen LogP contribution in [0.4, 0.5) is 0 Å². The number of carbonyl (C=O) groups is 1. The summed E-state index contributed by atoms with van der Waals surface area (Å²) >= 11 is 5.83. The topological polar surface area (TPSA) is 51.7 Å². The van der Waals surface area contributed by atoms with E-state index in [1.807, 2.05) is 24.0 Å². The maximum atomic E-state index is 13.1. The van der Waals surface area contributed by atoms with Gasteiger partial charge in [0, 0.05) is 30.8 Å². The lowest BCUT2D eigenvalue weighted by Gasteiger charge is -2.33. The van der Waals surface area contributed by atoms with Crippen LogP contribution in [0.25, 0.3) is 5.57 Å². The summed E-state index contributed by atoms with van der Waals surface area (Å²) in [5, 5.41) is 0.564. The third kappa shape index (κ3) is 3.84. The molecule has 1 atom stereocenters. The number of amides is 1. The molecule has 1 aromatic heterocycles. The van der Waals surface area contributed by atoms with Gasteiger partial charge in [0.1, 0.15) is 12.7 Å². The molecule has 1 aliphatic heterocycles. The van der Waals surface area contributed by atoms with Gasteiger partial charge in [-0.1, -0.05) is 35.9 Å². The molecule has 2 aromatic rings. The van der Waals surface area contributed by atoms with Crippen LogP contribution in [-0.4, -0.2) is 48.2 Å². The fourth-order valence-corrected chi connectivity index (χ4v) is 3.70. The van der Waals surface area contributed by atoms with Crippen molar-refractivity contribution < 1.29 is 14.3 Å². The molecule has 1 amide bonds. The molecule has 27 heavy (non-hydrogen) atoms. The van der Waals surface area contributed by atoms with E-state index in [-0.39, 0.29) is 12.0 Å². The smallest absolute Gasteiger partial charge is 0.250 e. The highest BCUT2D eigenvalue weighted by Crippen LogP contribution is 2.33. The average Bonchev–Trinajstić information content (AvgIpc) is 3.04. The number of ether oxygens (including phenoxy) is 2. The minimum atomic E-state index is -0.176. The predicted octanol–water partition coefficient (Wildman–Crippen LogP) is 3.37. The zero-order chi connectivity index (χ0) is 18.8. The van der Waals surface area contributed by atoms with Gasteiger partial charge in [0.25, 0.3) is 5.91 Å². The molecule has 1 aromatic carbocycles. The quantitative estimate of drug-likeness (QED) is 0.811. The fourth-order valence-electron chi connectivity index (χ4n) is 3.58. The van der Waals surface area contributed by atoms with Crippen LogP contribution in [0, 0.1) is 0 Å². The standard InChI is InChI=1S/C21H21ClN2O3/c1-14-18-5-3-2-4-15(18)10-19(14)21(25)24-8-9-26-17(12-24)13-27-20-7-6-16(22)11-23-20/h2-7,11,17H,8-10,12-13H2,1H3. The highest BCUT2D eigenvalue weighted by Gasteiger charge is 2.30. The SMILES string of the molecule is CC1=C(C(=O)N2CCOC(COc3ccc(Cl)cn3)C2)Cc2ccccc21. The van der Waals surface area contributed by atoms with Crippen LogP contribution >= 0.6 is 11.6 Å². The zero-order valence-corrected chi connectivity index (χ0v) is 15.9. The molecule has 4 rings (SSSR count). The normalized spacial score (nSPS) is 19.2. The molecule has 1 aliphatic carbocycles. The minimum absolute atomic E-state index is 0.0987. The van der Waals surface area contributed by atoms with Gasteiger partial charge in [0.05, 0.1) is 18.2 Å². The second-order valence-electron chi connectivity index (χ2n) is 6.81. The van der Waals surface area contributed by atoms with Crippen molar-refractivity contribution in [3.8, 4) is 5.88 Å². The number of aromatic nitrogens is 1. The third-order valence-electron chi connectivity index (χ3n) is 5.04. The number of hydrogen-bond acceptors (Lipinski definition) is 4. The first-order chi connectivity index (χ1) is 13.1. The van der Waals surface area contributed by atoms with Gasteiger partial charge in [-0.2, -0.15) is 0 Å². The van der Waals surface area contributed by atoms with Crippen molar-refractivity contribution in [2.45, 2.75) is 19.4 Å². The van der Waals surface area contributed by atoms with Crippen LogP contribution in [-0.2, 0) is 16.0 Å². The van der Waals surface area contributed by atoms with Crippen molar-refractivity contribution in [3.05, 3.63) is 64.3 Å². The monoisotopic (exact) mass is 384 g/mol. The number of pyridine rings is 1. The molecule has 0 saturated carbocycles. The second-order valence-corrected chi connectivity index (χ2v) is 7.24. The molecule has 0 spiro atoms. The molecule has 140 valence electrons. The molecule has 0 bridgehead atoms. The Morgan fingerprint density at radius 1 is 1.33 bits per heavy atom. The summed E-state index contributed by atoms with van der Waals surface area (Å²) in [5.41, 5.74) is 4.38. The van der Waals surface area contributed by atoms with E-state index in [1.54, 1.807) is 18.3 Å². The molecule has 2 heterocycles. The van der Waals surface area contributed by atoms with E-state index in [0.717, 1.165) is 11.1 Å². The van der Waals surface area contributed by atoms with Crippen LogP contribution < -0.4 is 4.74 Å². The molecule has 1 fully saturated rings. The summed E-state index contributed by atoms with van der Waals surface area (Å²) < 4.78 is 11.4. The van der Waals surface area contributed by atoms with Gasteiger partial charge in [-0.05, 0) is 29.7 Å². The number of benzene rings is 1. The lowest BCUT2D eigenvalue weighted by atomic mass is 10.1. The maximum Gasteiger partial charge on any atom is 0.250 e. The summed E-state index contributed by atoms with van der Waals surface area (Å²) in [7, 11) is 0. The molecular weight excluding hydrogens is 364 g/mol. The number of rotatable bonds is 4. The first-order valence-electron chi connectivity index (χ1n) is 9.05. The van der Waals surface area contributed by atoms with Crippen molar-refractivity contribution in [1.29, 1.82) is 0 Å². The number of morpholine rings is 1. The highest BCUT2D eigenvalue weighted by molar-refractivity contribution is 6.30. The van der Waals surface area contributed by atoms with Crippen molar-refractivity contribution in [3.63, 3.8) is 0 Å². The highest BCUT2D eigenvalue weighted by atomic mass is 35.5. The van der Waals surface area contributed by atoms with Gasteiger partial charge >= 0.3 is 0 Å². The molecule has 6 heteroatoms. The van der Waals surface area contributed by atoms with E-state index in [9.17, 15) is 4.79 Å². The van der Waals surface area contributed by atoms with Crippen molar-refractivity contribution >= 4 is 23.1 Å². The van der Waals surface area contributed by atoms with E-state index in [4.69, 9.17) is 21.1 Å². The Balaban J connectivity index is 1.39. The molecule has 2 aliphatic rings. The van der Waals surface area contributed by atoms with Crippen molar-refractivity contribution in [2.75, 3.05) is 26.3 Å². The van der Waals surface area contributed by atoms with E-state index in [2.05, 4.69) is 17.1 Å². The Bertz CT molecular complexity index is 879. The first kappa shape index (κ1) is 18.0. The number of carbonyl (C=O) groups excluding carboxylic acids is 1. The molecule has 1 unspecified atom stereocenters. The Hall–Kier alpha value is -2.37. The lowest BCUT2D eigenvalue weighted by molar-refractivity contribution is -0.135. The van der Waals surface area contributed by atoms with Gasteiger partial charge in [0.2, 0.25) is 5.88 Å². The van der Waals surface area contributed by atoms with Gasteiger partial charge in [-0.15, -0.1) is 0 Å². The third-order valence-corrected chi connectivity index (χ3v) is 5.27. The van der Waals surface area contributed by atoms with E-state index >= 15 is 0 Å².